The van der Waals surface area contributed by atoms with Crippen LogP contribution in [-0.2, 0) is 0 Å². The van der Waals surface area contributed by atoms with E-state index in [2.05, 4.69) is 9.97 Å². The summed E-state index contributed by atoms with van der Waals surface area (Å²) >= 11 is 2.97. The van der Waals surface area contributed by atoms with Gasteiger partial charge in [-0.3, -0.25) is 0 Å². The lowest BCUT2D eigenvalue weighted by molar-refractivity contribution is 0.0696. The summed E-state index contributed by atoms with van der Waals surface area (Å²) in [6.45, 7) is 1.79. The first kappa shape index (κ1) is 13.1. The zero-order valence-corrected chi connectivity index (χ0v) is 12.2. The van der Waals surface area contributed by atoms with E-state index in [1.54, 1.807) is 30.4 Å². The third-order valence-electron chi connectivity index (χ3n) is 2.64. The monoisotopic (exact) mass is 302 g/mol. The van der Waals surface area contributed by atoms with Gasteiger partial charge in [-0.1, -0.05) is 12.1 Å². The molecule has 0 saturated heterocycles. The predicted octanol–water partition coefficient (Wildman–Crippen LogP) is 3.85. The molecule has 6 heteroatoms. The molecule has 1 N–H and O–H groups in total. The second kappa shape index (κ2) is 5.22. The van der Waals surface area contributed by atoms with Crippen LogP contribution in [0.2, 0.25) is 0 Å². The first-order chi connectivity index (χ1) is 9.61. The van der Waals surface area contributed by atoms with Gasteiger partial charge in [0.2, 0.25) is 0 Å². The van der Waals surface area contributed by atoms with Crippen molar-refractivity contribution in [3.63, 3.8) is 0 Å². The molecule has 1 aromatic carbocycles. The van der Waals surface area contributed by atoms with Crippen LogP contribution in [-0.4, -0.2) is 21.0 Å². The van der Waals surface area contributed by atoms with Gasteiger partial charge in [0.25, 0.3) is 0 Å². The molecule has 2 aromatic heterocycles. The number of para-hydroxylation sites is 1. The van der Waals surface area contributed by atoms with Crippen LogP contribution < -0.4 is 0 Å². The topological polar surface area (TPSA) is 63.1 Å². The molecule has 0 bridgehead atoms. The molecule has 100 valence electrons. The predicted molar refractivity (Wildman–Crippen MR) is 79.7 cm³/mol. The molecule has 0 aliphatic heterocycles. The van der Waals surface area contributed by atoms with Crippen molar-refractivity contribution >= 4 is 39.3 Å². The Morgan fingerprint density at radius 1 is 1.25 bits per heavy atom. The summed E-state index contributed by atoms with van der Waals surface area (Å²) in [5, 5.41) is 9.72. The molecule has 0 unspecified atom stereocenters. The van der Waals surface area contributed by atoms with Gasteiger partial charge in [0.1, 0.15) is 5.03 Å². The minimum absolute atomic E-state index is 0.251. The van der Waals surface area contributed by atoms with Crippen LogP contribution in [0.3, 0.4) is 0 Å². The SMILES string of the molecule is Cc1cc(C(=O)O)cc(Sc2nc3ccccc3s2)n1. The van der Waals surface area contributed by atoms with Crippen LogP contribution in [0.1, 0.15) is 16.1 Å². The molecule has 0 fully saturated rings. The van der Waals surface area contributed by atoms with E-state index < -0.39 is 5.97 Å². The fourth-order valence-corrected chi connectivity index (χ4v) is 3.89. The van der Waals surface area contributed by atoms with Gasteiger partial charge < -0.3 is 5.11 Å². The molecule has 0 radical (unpaired) electrons. The highest BCUT2D eigenvalue weighted by atomic mass is 32.2. The van der Waals surface area contributed by atoms with Gasteiger partial charge in [0.05, 0.1) is 15.8 Å². The zero-order valence-electron chi connectivity index (χ0n) is 10.5. The number of aromatic carboxylic acids is 1. The Morgan fingerprint density at radius 2 is 2.05 bits per heavy atom. The molecular formula is C14H10N2O2S2. The Labute approximate surface area is 123 Å². The number of carboxylic acids is 1. The molecule has 0 aliphatic carbocycles. The fourth-order valence-electron chi connectivity index (χ4n) is 1.80. The summed E-state index contributed by atoms with van der Waals surface area (Å²) in [6.07, 6.45) is 0. The summed E-state index contributed by atoms with van der Waals surface area (Å²) in [5.41, 5.74) is 1.89. The molecule has 3 aromatic rings. The van der Waals surface area contributed by atoms with E-state index in [9.17, 15) is 4.79 Å². The maximum Gasteiger partial charge on any atom is 0.335 e. The van der Waals surface area contributed by atoms with Gasteiger partial charge >= 0.3 is 5.97 Å². The van der Waals surface area contributed by atoms with Crippen LogP contribution in [0.15, 0.2) is 45.8 Å². The summed E-state index contributed by atoms with van der Waals surface area (Å²) in [6, 6.07) is 11.0. The number of nitrogens with zero attached hydrogens (tertiary/aromatic N) is 2. The highest BCUT2D eigenvalue weighted by Gasteiger charge is 2.10. The minimum Gasteiger partial charge on any atom is -0.478 e. The van der Waals surface area contributed by atoms with Gasteiger partial charge in [-0.2, -0.15) is 0 Å². The number of carboxylic acid groups (broad SMARTS) is 1. The normalized spacial score (nSPS) is 10.8. The zero-order chi connectivity index (χ0) is 14.1. The van der Waals surface area contributed by atoms with Crippen molar-refractivity contribution in [3.05, 3.63) is 47.7 Å². The summed E-state index contributed by atoms with van der Waals surface area (Å²) in [5.74, 6) is -0.943. The second-order valence-electron chi connectivity index (χ2n) is 4.19. The molecule has 0 saturated carbocycles. The molecule has 0 atom stereocenters. The highest BCUT2D eigenvalue weighted by molar-refractivity contribution is 8.01. The van der Waals surface area contributed by atoms with Gasteiger partial charge in [-0.15, -0.1) is 11.3 Å². The molecular weight excluding hydrogens is 292 g/mol. The Hall–Kier alpha value is -1.92. The van der Waals surface area contributed by atoms with Gasteiger partial charge in [-0.25, -0.2) is 14.8 Å². The maximum atomic E-state index is 11.0. The van der Waals surface area contributed by atoms with E-state index in [0.29, 0.717) is 10.7 Å². The third kappa shape index (κ3) is 2.66. The van der Waals surface area contributed by atoms with Crippen molar-refractivity contribution in [2.75, 3.05) is 0 Å². The molecule has 0 amide bonds. The summed E-state index contributed by atoms with van der Waals surface area (Å²) in [4.78, 5) is 19.9. The van der Waals surface area contributed by atoms with Crippen molar-refractivity contribution in [2.24, 2.45) is 0 Å². The van der Waals surface area contributed by atoms with Crippen LogP contribution in [0.4, 0.5) is 0 Å². The van der Waals surface area contributed by atoms with Crippen LogP contribution in [0, 0.1) is 6.92 Å². The summed E-state index contributed by atoms with van der Waals surface area (Å²) < 4.78 is 1.97. The van der Waals surface area contributed by atoms with Gasteiger partial charge in [0.15, 0.2) is 4.34 Å². The van der Waals surface area contributed by atoms with E-state index >= 15 is 0 Å². The number of aryl methyl sites for hydroxylation is 1. The number of hydrogen-bond donors (Lipinski definition) is 1. The van der Waals surface area contributed by atoms with Gasteiger partial charge in [0, 0.05) is 5.69 Å². The third-order valence-corrected chi connectivity index (χ3v) is 4.66. The number of aromatic nitrogens is 2. The molecule has 2 heterocycles. The van der Waals surface area contributed by atoms with Crippen molar-refractivity contribution in [1.29, 1.82) is 0 Å². The van der Waals surface area contributed by atoms with E-state index in [4.69, 9.17) is 5.11 Å². The maximum absolute atomic E-state index is 11.0. The van der Waals surface area contributed by atoms with E-state index in [0.717, 1.165) is 14.6 Å². The average molecular weight is 302 g/mol. The Kier molecular flexibility index (Phi) is 3.42. The first-order valence-corrected chi connectivity index (χ1v) is 7.50. The second-order valence-corrected chi connectivity index (χ2v) is 6.49. The summed E-state index contributed by atoms with van der Waals surface area (Å²) in [7, 11) is 0. The van der Waals surface area contributed by atoms with E-state index in [-0.39, 0.29) is 5.56 Å². The van der Waals surface area contributed by atoms with Crippen LogP contribution >= 0.6 is 23.1 Å². The van der Waals surface area contributed by atoms with Crippen LogP contribution in [0.5, 0.6) is 0 Å². The number of rotatable bonds is 3. The Balaban J connectivity index is 1.96. The lowest BCUT2D eigenvalue weighted by Crippen LogP contribution is -1.98. The minimum atomic E-state index is -0.943. The number of carbonyl (C=O) groups is 1. The smallest absolute Gasteiger partial charge is 0.335 e. The quantitative estimate of drug-likeness (QED) is 0.796. The number of fused-ring (bicyclic) bond motifs is 1. The van der Waals surface area contributed by atoms with Crippen molar-refractivity contribution < 1.29 is 9.90 Å². The largest absolute Gasteiger partial charge is 0.478 e. The Bertz CT molecular complexity index is 766. The number of thiazole rings is 1. The van der Waals surface area contributed by atoms with Crippen molar-refractivity contribution in [1.82, 2.24) is 9.97 Å². The van der Waals surface area contributed by atoms with E-state index in [1.165, 1.54) is 11.8 Å². The average Bonchev–Trinajstić information content (AvgIpc) is 2.79. The first-order valence-electron chi connectivity index (χ1n) is 5.87. The van der Waals surface area contributed by atoms with Gasteiger partial charge in [-0.05, 0) is 43.0 Å². The standard InChI is InChI=1S/C14H10N2O2S2/c1-8-6-9(13(17)18)7-12(15-8)20-14-16-10-4-2-3-5-11(10)19-14/h2-7H,1H3,(H,17,18). The molecule has 0 aliphatic rings. The molecule has 3 rings (SSSR count). The number of pyridine rings is 1. The van der Waals surface area contributed by atoms with Crippen molar-refractivity contribution in [2.45, 2.75) is 16.3 Å². The molecule has 20 heavy (non-hydrogen) atoms. The number of benzene rings is 1. The Morgan fingerprint density at radius 3 is 2.80 bits per heavy atom. The fraction of sp³-hybridized carbons (Fsp3) is 0.0714. The molecule has 4 nitrogen and oxygen atoms in total. The van der Waals surface area contributed by atoms with Crippen LogP contribution in [0.25, 0.3) is 10.2 Å². The lowest BCUT2D eigenvalue weighted by Gasteiger charge is -2.01. The van der Waals surface area contributed by atoms with E-state index in [1.807, 2.05) is 24.3 Å². The lowest BCUT2D eigenvalue weighted by atomic mass is 10.2. The number of hydrogen-bond acceptors (Lipinski definition) is 5. The van der Waals surface area contributed by atoms with Crippen molar-refractivity contribution in [3.8, 4) is 0 Å². The highest BCUT2D eigenvalue weighted by Crippen LogP contribution is 2.33. The molecule has 0 spiro atoms.